The molecule has 31 heavy (non-hydrogen) atoms. The lowest BCUT2D eigenvalue weighted by Gasteiger charge is -2.58. The van der Waals surface area contributed by atoms with Gasteiger partial charge in [0.2, 0.25) is 5.91 Å². The van der Waals surface area contributed by atoms with Crippen LogP contribution in [0.1, 0.15) is 107 Å². The van der Waals surface area contributed by atoms with Crippen LogP contribution in [0.25, 0.3) is 0 Å². The van der Waals surface area contributed by atoms with Crippen LogP contribution in [0, 0.1) is 22.2 Å². The lowest BCUT2D eigenvalue weighted by atomic mass is 9.51. The molecule has 1 saturated carbocycles. The summed E-state index contributed by atoms with van der Waals surface area (Å²) in [5, 5.41) is 3.26. The van der Waals surface area contributed by atoms with Crippen LogP contribution in [0.3, 0.4) is 0 Å². The van der Waals surface area contributed by atoms with E-state index in [1.807, 2.05) is 20.8 Å². The fourth-order valence-electron chi connectivity index (χ4n) is 5.90. The highest BCUT2D eigenvalue weighted by atomic mass is 28.2. The van der Waals surface area contributed by atoms with Crippen molar-refractivity contribution >= 4 is 22.1 Å². The Morgan fingerprint density at radius 1 is 1.06 bits per heavy atom. The number of hydrogen-bond acceptors (Lipinski definition) is 2. The van der Waals surface area contributed by atoms with Gasteiger partial charge in [-0.25, -0.2) is 0 Å². The zero-order valence-corrected chi connectivity index (χ0v) is 24.2. The fourth-order valence-corrected chi connectivity index (χ4v) is 6.86. The van der Waals surface area contributed by atoms with Gasteiger partial charge in [0.05, 0.1) is 5.60 Å². The highest BCUT2D eigenvalue weighted by Crippen LogP contribution is 2.60. The molecule has 0 bridgehead atoms. The van der Waals surface area contributed by atoms with Crippen molar-refractivity contribution in [3.63, 3.8) is 0 Å². The van der Waals surface area contributed by atoms with Crippen molar-refractivity contribution in [3.8, 4) is 0 Å². The van der Waals surface area contributed by atoms with Gasteiger partial charge in [-0.2, -0.15) is 0 Å². The van der Waals surface area contributed by atoms with E-state index in [2.05, 4.69) is 78.9 Å². The minimum absolute atomic E-state index is 0.0141. The predicted octanol–water partition coefficient (Wildman–Crippen LogP) is 6.33. The van der Waals surface area contributed by atoms with Crippen LogP contribution >= 0.6 is 0 Å². The third-order valence-corrected chi connectivity index (χ3v) is 8.25. The maximum absolute atomic E-state index is 12.9. The molecule has 2 atom stereocenters. The highest BCUT2D eigenvalue weighted by Gasteiger charge is 2.55. The summed E-state index contributed by atoms with van der Waals surface area (Å²) in [6.45, 7) is 24.4. The number of carbonyl (C=O) groups is 1. The summed E-state index contributed by atoms with van der Waals surface area (Å²) in [5.74, 6) is 0.601. The Balaban J connectivity index is 2.68. The third-order valence-electron chi connectivity index (χ3n) is 7.55. The highest BCUT2D eigenvalue weighted by molar-refractivity contribution is 5.98. The Kier molecular flexibility index (Phi) is 7.02. The van der Waals surface area contributed by atoms with Gasteiger partial charge in [0.15, 0.2) is 0 Å². The summed E-state index contributed by atoms with van der Waals surface area (Å²) in [4.78, 5) is 12.9. The van der Waals surface area contributed by atoms with Gasteiger partial charge in [0.1, 0.15) is 10.5 Å². The first kappa shape index (κ1) is 26.1. The van der Waals surface area contributed by atoms with Crippen molar-refractivity contribution in [2.45, 2.75) is 106 Å². The number of nitrogens with one attached hydrogen (secondary N) is 1. The Bertz CT molecular complexity index is 808. The first-order valence-corrected chi connectivity index (χ1v) is 12.7. The molecule has 0 saturated heterocycles. The molecule has 1 N–H and O–H groups in total. The number of hydrogen-bond donors (Lipinski definition) is 1. The number of anilines is 1. The molecule has 0 aliphatic heterocycles. The fraction of sp³-hybridized carbons (Fsp3) is 0.741. The van der Waals surface area contributed by atoms with E-state index in [9.17, 15) is 4.79 Å². The second kappa shape index (κ2) is 8.33. The summed E-state index contributed by atoms with van der Waals surface area (Å²) >= 11 is 0. The molecule has 3 nitrogen and oxygen atoms in total. The minimum atomic E-state index is -0.446. The molecule has 176 valence electrons. The van der Waals surface area contributed by atoms with Gasteiger partial charge in [0, 0.05) is 16.5 Å². The largest absolute Gasteiger partial charge is 0.418 e. The zero-order chi connectivity index (χ0) is 24.0. The molecule has 1 aromatic rings. The van der Waals surface area contributed by atoms with Crippen LogP contribution in [0.2, 0.25) is 0 Å². The molecule has 0 heterocycles. The minimum Gasteiger partial charge on any atom is -0.418 e. The second-order valence-corrected chi connectivity index (χ2v) is 13.7. The van der Waals surface area contributed by atoms with E-state index in [0.29, 0.717) is 16.4 Å². The number of amides is 1. The van der Waals surface area contributed by atoms with Gasteiger partial charge in [0.25, 0.3) is 0 Å². The molecule has 1 amide bonds. The van der Waals surface area contributed by atoms with Gasteiger partial charge in [-0.1, -0.05) is 88.3 Å². The molecule has 4 heteroatoms. The summed E-state index contributed by atoms with van der Waals surface area (Å²) in [6, 6.07) is 6.69. The first-order valence-electron chi connectivity index (χ1n) is 11.9. The first-order chi connectivity index (χ1) is 13.9. The molecule has 1 aromatic carbocycles. The molecule has 1 fully saturated rings. The molecular weight excluding hydrogens is 398 g/mol. The van der Waals surface area contributed by atoms with E-state index < -0.39 is 5.41 Å². The maximum Gasteiger partial charge on any atom is 0.229 e. The zero-order valence-electron chi connectivity index (χ0n) is 22.2. The number of carbonyl (C=O) groups excluding carboxylic acids is 1. The van der Waals surface area contributed by atoms with Crippen LogP contribution in [-0.4, -0.2) is 16.4 Å². The van der Waals surface area contributed by atoms with Crippen LogP contribution in [-0.2, 0) is 20.2 Å². The Morgan fingerprint density at radius 3 is 2.10 bits per heavy atom. The van der Waals surface area contributed by atoms with Gasteiger partial charge < -0.3 is 9.74 Å². The van der Waals surface area contributed by atoms with Crippen molar-refractivity contribution in [1.82, 2.24) is 0 Å². The standard InChI is InChI=1S/C27H47NO2Si/c1-23(2,3)19-15-14-18(17-20(19)28-22(29)25(7,8)9)27(30-31)16-12-13-21(24(4,5)6)26(27,10)11/h14-15,17,21H,12-13,16H2,1-11,31H3,(H,28,29). The monoisotopic (exact) mass is 445 g/mol. The Morgan fingerprint density at radius 2 is 1.65 bits per heavy atom. The van der Waals surface area contributed by atoms with Gasteiger partial charge >= 0.3 is 0 Å². The smallest absolute Gasteiger partial charge is 0.229 e. The van der Waals surface area contributed by atoms with Gasteiger partial charge in [-0.15, -0.1) is 0 Å². The van der Waals surface area contributed by atoms with Crippen molar-refractivity contribution in [2.75, 3.05) is 5.32 Å². The molecular formula is C27H47NO2Si. The summed E-state index contributed by atoms with van der Waals surface area (Å²) in [7, 11) is 0.679. The maximum atomic E-state index is 12.9. The average Bonchev–Trinajstić information content (AvgIpc) is 2.58. The second-order valence-electron chi connectivity index (χ2n) is 13.3. The molecule has 1 aliphatic rings. The van der Waals surface area contributed by atoms with Crippen molar-refractivity contribution in [3.05, 3.63) is 29.3 Å². The topological polar surface area (TPSA) is 38.3 Å². The van der Waals surface area contributed by atoms with Crippen molar-refractivity contribution in [2.24, 2.45) is 22.2 Å². The Labute approximate surface area is 194 Å². The van der Waals surface area contributed by atoms with Gasteiger partial charge in [-0.3, -0.25) is 4.79 Å². The normalized spacial score (nSPS) is 24.8. The average molecular weight is 446 g/mol. The van der Waals surface area contributed by atoms with Crippen LogP contribution < -0.4 is 5.32 Å². The molecule has 0 radical (unpaired) electrons. The van der Waals surface area contributed by atoms with Crippen molar-refractivity contribution < 1.29 is 9.22 Å². The van der Waals surface area contributed by atoms with E-state index in [-0.39, 0.29) is 27.8 Å². The van der Waals surface area contributed by atoms with Crippen LogP contribution in [0.5, 0.6) is 0 Å². The quantitative estimate of drug-likeness (QED) is 0.552. The van der Waals surface area contributed by atoms with E-state index in [4.69, 9.17) is 4.43 Å². The van der Waals surface area contributed by atoms with Crippen molar-refractivity contribution in [1.29, 1.82) is 0 Å². The van der Waals surface area contributed by atoms with Crippen LogP contribution in [0.4, 0.5) is 5.69 Å². The summed E-state index contributed by atoms with van der Waals surface area (Å²) < 4.78 is 6.58. The number of benzene rings is 1. The molecule has 2 unspecified atom stereocenters. The third kappa shape index (κ3) is 4.95. The summed E-state index contributed by atoms with van der Waals surface area (Å²) in [6.07, 6.45) is 3.42. The molecule has 2 rings (SSSR count). The van der Waals surface area contributed by atoms with Gasteiger partial charge in [-0.05, 0) is 53.2 Å². The van der Waals surface area contributed by atoms with E-state index >= 15 is 0 Å². The SMILES string of the molecule is CC(C)(C)C(=O)Nc1cc(C2(O[SiH3])CCCC(C(C)(C)C)C2(C)C)ccc1C(C)(C)C. The molecule has 0 aromatic heterocycles. The Hall–Kier alpha value is -1.13. The number of rotatable bonds is 3. The van der Waals surface area contributed by atoms with Crippen LogP contribution in [0.15, 0.2) is 18.2 Å². The summed E-state index contributed by atoms with van der Waals surface area (Å²) in [5.41, 5.74) is 2.66. The molecule has 0 spiro atoms. The lowest BCUT2D eigenvalue weighted by Crippen LogP contribution is -2.54. The lowest BCUT2D eigenvalue weighted by molar-refractivity contribution is -0.137. The van der Waals surface area contributed by atoms with E-state index in [1.54, 1.807) is 0 Å². The van der Waals surface area contributed by atoms with E-state index in [0.717, 1.165) is 18.5 Å². The predicted molar refractivity (Wildman–Crippen MR) is 137 cm³/mol. The van der Waals surface area contributed by atoms with E-state index in [1.165, 1.54) is 17.5 Å². The molecule has 1 aliphatic carbocycles.